The Balaban J connectivity index is 1.72. The molecular formula is C19H17FN4O3. The third-order valence-corrected chi connectivity index (χ3v) is 3.98. The van der Waals surface area contributed by atoms with Crippen molar-refractivity contribution in [1.29, 1.82) is 0 Å². The number of carbonyl (C=O) groups is 2. The highest BCUT2D eigenvalue weighted by Crippen LogP contribution is 2.18. The maximum absolute atomic E-state index is 13.6. The molecule has 3 aromatic rings. The van der Waals surface area contributed by atoms with Crippen molar-refractivity contribution in [3.8, 4) is 5.69 Å². The number of rotatable bonds is 5. The van der Waals surface area contributed by atoms with Crippen LogP contribution in [-0.4, -0.2) is 28.8 Å². The van der Waals surface area contributed by atoms with Crippen LogP contribution in [0.5, 0.6) is 0 Å². The first kappa shape index (κ1) is 18.1. The van der Waals surface area contributed by atoms with Crippen LogP contribution < -0.4 is 11.1 Å². The van der Waals surface area contributed by atoms with Crippen LogP contribution in [-0.2, 0) is 11.3 Å². The van der Waals surface area contributed by atoms with Gasteiger partial charge in [-0.15, -0.1) is 0 Å². The number of halogens is 1. The Hall–Kier alpha value is -3.68. The van der Waals surface area contributed by atoms with Gasteiger partial charge in [0.05, 0.1) is 19.0 Å². The van der Waals surface area contributed by atoms with Gasteiger partial charge in [0.25, 0.3) is 5.91 Å². The summed E-state index contributed by atoms with van der Waals surface area (Å²) in [5, 5.41) is 6.73. The number of hydrogen-bond donors (Lipinski definition) is 2. The molecule has 3 N–H and O–H groups in total. The predicted molar refractivity (Wildman–Crippen MR) is 96.9 cm³/mol. The van der Waals surface area contributed by atoms with Gasteiger partial charge in [-0.3, -0.25) is 4.79 Å². The quantitative estimate of drug-likeness (QED) is 0.673. The maximum atomic E-state index is 13.6. The first-order valence-corrected chi connectivity index (χ1v) is 8.05. The zero-order valence-corrected chi connectivity index (χ0v) is 14.5. The predicted octanol–water partition coefficient (Wildman–Crippen LogP) is 2.31. The van der Waals surface area contributed by atoms with Crippen molar-refractivity contribution < 1.29 is 18.7 Å². The molecule has 138 valence electrons. The number of nitrogen functional groups attached to an aromatic ring is 1. The number of esters is 1. The summed E-state index contributed by atoms with van der Waals surface area (Å²) in [5.74, 6) is -1.15. The summed E-state index contributed by atoms with van der Waals surface area (Å²) in [6, 6.07) is 12.7. The lowest BCUT2D eigenvalue weighted by Gasteiger charge is -2.08. The van der Waals surface area contributed by atoms with E-state index in [0.717, 1.165) is 0 Å². The van der Waals surface area contributed by atoms with E-state index in [1.54, 1.807) is 42.5 Å². The number of ether oxygens (including phenoxy) is 1. The van der Waals surface area contributed by atoms with E-state index < -0.39 is 5.97 Å². The number of nitrogens with zero attached hydrogens (tertiary/aromatic N) is 2. The van der Waals surface area contributed by atoms with Crippen LogP contribution in [0.1, 0.15) is 26.3 Å². The highest BCUT2D eigenvalue weighted by atomic mass is 19.1. The van der Waals surface area contributed by atoms with E-state index in [9.17, 15) is 14.0 Å². The minimum Gasteiger partial charge on any atom is -0.465 e. The second-order valence-electron chi connectivity index (χ2n) is 5.67. The van der Waals surface area contributed by atoms with Gasteiger partial charge in [-0.05, 0) is 30.3 Å². The second kappa shape index (κ2) is 7.69. The van der Waals surface area contributed by atoms with Crippen molar-refractivity contribution in [3.05, 3.63) is 77.2 Å². The van der Waals surface area contributed by atoms with Gasteiger partial charge in [-0.2, -0.15) is 5.10 Å². The molecule has 0 spiro atoms. The highest BCUT2D eigenvalue weighted by Gasteiger charge is 2.16. The molecule has 0 unspecified atom stereocenters. The van der Waals surface area contributed by atoms with E-state index in [4.69, 9.17) is 5.73 Å². The van der Waals surface area contributed by atoms with Gasteiger partial charge in [-0.1, -0.05) is 18.2 Å². The van der Waals surface area contributed by atoms with Gasteiger partial charge in [0.15, 0.2) is 0 Å². The maximum Gasteiger partial charge on any atom is 0.343 e. The minimum atomic E-state index is -0.581. The van der Waals surface area contributed by atoms with Crippen LogP contribution in [0.25, 0.3) is 5.69 Å². The molecule has 1 amide bonds. The van der Waals surface area contributed by atoms with Gasteiger partial charge < -0.3 is 15.8 Å². The molecule has 0 saturated carbocycles. The lowest BCUT2D eigenvalue weighted by atomic mass is 10.1. The van der Waals surface area contributed by atoms with E-state index in [2.05, 4.69) is 15.2 Å². The molecule has 0 aliphatic rings. The fraction of sp³-hybridized carbons (Fsp3) is 0.105. The Kier molecular flexibility index (Phi) is 5.16. The van der Waals surface area contributed by atoms with Gasteiger partial charge >= 0.3 is 5.97 Å². The van der Waals surface area contributed by atoms with Gasteiger partial charge in [-0.25, -0.2) is 13.9 Å². The Labute approximate surface area is 154 Å². The minimum absolute atomic E-state index is 0.0852. The molecule has 3 rings (SSSR count). The SMILES string of the molecule is COC(=O)c1cnn(-c2ccc(C(=O)NCc3ccccc3F)cc2)c1N. The summed E-state index contributed by atoms with van der Waals surface area (Å²) in [6.07, 6.45) is 1.32. The number of hydrogen-bond acceptors (Lipinski definition) is 5. The summed E-state index contributed by atoms with van der Waals surface area (Å²) in [5.41, 5.74) is 7.46. The van der Waals surface area contributed by atoms with Crippen molar-refractivity contribution in [3.63, 3.8) is 0 Å². The summed E-state index contributed by atoms with van der Waals surface area (Å²) in [4.78, 5) is 23.8. The molecule has 0 aliphatic carbocycles. The first-order valence-electron chi connectivity index (χ1n) is 8.05. The van der Waals surface area contributed by atoms with Crippen molar-refractivity contribution in [1.82, 2.24) is 15.1 Å². The molecule has 1 heterocycles. The molecule has 0 atom stereocenters. The number of amides is 1. The molecule has 1 aromatic heterocycles. The molecule has 0 bridgehead atoms. The van der Waals surface area contributed by atoms with Crippen LogP contribution in [0.15, 0.2) is 54.7 Å². The fourth-order valence-electron chi connectivity index (χ4n) is 2.50. The smallest absolute Gasteiger partial charge is 0.343 e. The van der Waals surface area contributed by atoms with E-state index in [-0.39, 0.29) is 29.7 Å². The van der Waals surface area contributed by atoms with Gasteiger partial charge in [0, 0.05) is 17.7 Å². The Morgan fingerprint density at radius 2 is 1.89 bits per heavy atom. The average Bonchev–Trinajstić information content (AvgIpc) is 3.08. The van der Waals surface area contributed by atoms with Gasteiger partial charge in [0.2, 0.25) is 0 Å². The van der Waals surface area contributed by atoms with Crippen LogP contribution in [0.4, 0.5) is 10.2 Å². The number of benzene rings is 2. The molecule has 0 radical (unpaired) electrons. The summed E-state index contributed by atoms with van der Waals surface area (Å²) >= 11 is 0. The molecule has 2 aromatic carbocycles. The summed E-state index contributed by atoms with van der Waals surface area (Å²) in [6.45, 7) is 0.0852. The first-order chi connectivity index (χ1) is 13.0. The largest absolute Gasteiger partial charge is 0.465 e. The average molecular weight is 368 g/mol. The highest BCUT2D eigenvalue weighted by molar-refractivity contribution is 5.95. The number of carbonyl (C=O) groups excluding carboxylic acids is 2. The zero-order chi connectivity index (χ0) is 19.4. The molecule has 7 nitrogen and oxygen atoms in total. The van der Waals surface area contributed by atoms with E-state index in [1.165, 1.54) is 24.1 Å². The van der Waals surface area contributed by atoms with Crippen LogP contribution in [0.3, 0.4) is 0 Å². The van der Waals surface area contributed by atoms with Crippen LogP contribution >= 0.6 is 0 Å². The molecule has 0 saturated heterocycles. The normalized spacial score (nSPS) is 10.4. The van der Waals surface area contributed by atoms with Crippen molar-refractivity contribution in [2.24, 2.45) is 0 Å². The zero-order valence-electron chi connectivity index (χ0n) is 14.5. The molecule has 27 heavy (non-hydrogen) atoms. The van der Waals surface area contributed by atoms with E-state index in [0.29, 0.717) is 16.8 Å². The number of nitrogens with two attached hydrogens (primary N) is 1. The second-order valence-corrected chi connectivity index (χ2v) is 5.67. The van der Waals surface area contributed by atoms with E-state index >= 15 is 0 Å². The molecule has 0 fully saturated rings. The van der Waals surface area contributed by atoms with Crippen molar-refractivity contribution in [2.45, 2.75) is 6.54 Å². The third-order valence-electron chi connectivity index (χ3n) is 3.98. The lowest BCUT2D eigenvalue weighted by molar-refractivity contribution is 0.0601. The fourth-order valence-corrected chi connectivity index (χ4v) is 2.50. The third kappa shape index (κ3) is 3.79. The number of nitrogens with one attached hydrogen (secondary N) is 1. The van der Waals surface area contributed by atoms with Gasteiger partial charge in [0.1, 0.15) is 17.2 Å². The summed E-state index contributed by atoms with van der Waals surface area (Å²) < 4.78 is 19.6. The number of aromatic nitrogens is 2. The Morgan fingerprint density at radius 1 is 1.19 bits per heavy atom. The van der Waals surface area contributed by atoms with Crippen LogP contribution in [0.2, 0.25) is 0 Å². The number of methoxy groups -OCH3 is 1. The molecular weight excluding hydrogens is 351 g/mol. The molecule has 8 heteroatoms. The van der Waals surface area contributed by atoms with E-state index in [1.807, 2.05) is 0 Å². The lowest BCUT2D eigenvalue weighted by Crippen LogP contribution is -2.23. The Bertz CT molecular complexity index is 983. The molecule has 0 aliphatic heterocycles. The summed E-state index contributed by atoms with van der Waals surface area (Å²) in [7, 11) is 1.26. The number of anilines is 1. The standard InChI is InChI=1S/C19H17FN4O3/c1-27-19(26)15-11-23-24(17(15)21)14-8-6-12(7-9-14)18(25)22-10-13-4-2-3-5-16(13)20/h2-9,11H,10,21H2,1H3,(H,22,25). The van der Waals surface area contributed by atoms with Crippen molar-refractivity contribution in [2.75, 3.05) is 12.8 Å². The van der Waals surface area contributed by atoms with Crippen LogP contribution in [0, 0.1) is 5.82 Å². The topological polar surface area (TPSA) is 99.2 Å². The van der Waals surface area contributed by atoms with Crippen molar-refractivity contribution >= 4 is 17.7 Å². The monoisotopic (exact) mass is 368 g/mol. The Morgan fingerprint density at radius 3 is 2.56 bits per heavy atom.